The number of amides is 1. The van der Waals surface area contributed by atoms with Crippen molar-refractivity contribution in [1.29, 1.82) is 0 Å². The van der Waals surface area contributed by atoms with Gasteiger partial charge in [-0.3, -0.25) is 4.79 Å². The fourth-order valence-electron chi connectivity index (χ4n) is 12.9. The fraction of sp³-hybridized carbons (Fsp3) is 0.905. The molecule has 12 N–H and O–H groups in total. The van der Waals surface area contributed by atoms with Crippen molar-refractivity contribution in [3.05, 3.63) is 36.5 Å². The molecule has 1 amide bonds. The fourth-order valence-corrected chi connectivity index (χ4v) is 12.9. The summed E-state index contributed by atoms with van der Waals surface area (Å²) in [5.74, 6) is -0.288. The van der Waals surface area contributed by atoms with Crippen LogP contribution in [0.2, 0.25) is 0 Å². The van der Waals surface area contributed by atoms with Gasteiger partial charge in [-0.25, -0.2) is 0 Å². The van der Waals surface area contributed by atoms with Gasteiger partial charge in [-0.1, -0.05) is 287 Å². The predicted octanol–water partition coefficient (Wildman–Crippen LogP) is 11.2. The van der Waals surface area contributed by atoms with Gasteiger partial charge in [0, 0.05) is 6.42 Å². The zero-order valence-corrected chi connectivity index (χ0v) is 58.0. The Morgan fingerprint density at radius 1 is 0.398 bits per heavy atom. The van der Waals surface area contributed by atoms with E-state index in [1.54, 1.807) is 6.08 Å². The third-order valence-electron chi connectivity index (χ3n) is 19.0. The number of hydrogen-bond donors (Lipinski definition) is 12. The molecule has 3 saturated heterocycles. The van der Waals surface area contributed by atoms with Crippen molar-refractivity contribution in [3.8, 4) is 0 Å². The molecule has 0 spiro atoms. The number of carbonyl (C=O) groups is 1. The van der Waals surface area contributed by atoms with Crippen LogP contribution in [0.25, 0.3) is 0 Å². The number of aliphatic hydroxyl groups excluding tert-OH is 11. The first-order valence-electron chi connectivity index (χ1n) is 37.7. The molecule has 0 radical (unpaired) electrons. The summed E-state index contributed by atoms with van der Waals surface area (Å²) in [6.45, 7) is 1.48. The van der Waals surface area contributed by atoms with Crippen molar-refractivity contribution >= 4 is 5.91 Å². The first-order chi connectivity index (χ1) is 45.3. The van der Waals surface area contributed by atoms with Crippen LogP contribution in [0.5, 0.6) is 0 Å². The molecule has 3 aliphatic heterocycles. The molecule has 3 heterocycles. The van der Waals surface area contributed by atoms with E-state index < -0.39 is 124 Å². The highest BCUT2D eigenvalue weighted by atomic mass is 16.8. The van der Waals surface area contributed by atoms with E-state index in [4.69, 9.17) is 28.4 Å². The molecule has 0 aromatic carbocycles. The maximum absolute atomic E-state index is 13.3. The van der Waals surface area contributed by atoms with Crippen LogP contribution in [0.1, 0.15) is 296 Å². The van der Waals surface area contributed by atoms with E-state index in [-0.39, 0.29) is 18.9 Å². The molecule has 3 rings (SSSR count). The van der Waals surface area contributed by atoms with Gasteiger partial charge in [-0.05, 0) is 39.0 Å². The molecule has 93 heavy (non-hydrogen) atoms. The molecule has 546 valence electrons. The number of aliphatic hydroxyl groups is 11. The lowest BCUT2D eigenvalue weighted by Gasteiger charge is -2.48. The molecule has 19 nitrogen and oxygen atoms in total. The van der Waals surface area contributed by atoms with Gasteiger partial charge in [0.25, 0.3) is 0 Å². The van der Waals surface area contributed by atoms with Gasteiger partial charge in [0.1, 0.15) is 73.2 Å². The molecule has 3 aliphatic rings. The monoisotopic (exact) mass is 1330 g/mol. The largest absolute Gasteiger partial charge is 0.394 e. The van der Waals surface area contributed by atoms with Crippen LogP contribution in [0.15, 0.2) is 36.5 Å². The summed E-state index contributed by atoms with van der Waals surface area (Å²) >= 11 is 0. The van der Waals surface area contributed by atoms with E-state index in [1.165, 1.54) is 225 Å². The predicted molar refractivity (Wildman–Crippen MR) is 365 cm³/mol. The SMILES string of the molecule is C/C=C/CC/C=C/CC/C=C/C(O)C(COC1OC(CO)C(OC2OC(CO)C(OC3OC(CO)C(O)C(O)C3O)C(O)C2O)C(O)C1O)NC(=O)CCCCCCCCCCCCCCCCCCCCCCCCCCCCCCCCCCCCCCCCC. The molecule has 0 aromatic rings. The summed E-state index contributed by atoms with van der Waals surface area (Å²) in [6, 6.07) is -0.992. The highest BCUT2D eigenvalue weighted by molar-refractivity contribution is 5.76. The number of carbonyl (C=O) groups excluding carboxylic acids is 1. The minimum atomic E-state index is -1.98. The van der Waals surface area contributed by atoms with Crippen molar-refractivity contribution in [1.82, 2.24) is 5.32 Å². The summed E-state index contributed by atoms with van der Waals surface area (Å²) in [4.78, 5) is 13.3. The molecule has 17 atom stereocenters. The maximum Gasteiger partial charge on any atom is 0.220 e. The maximum atomic E-state index is 13.3. The average Bonchev–Trinajstić information content (AvgIpc) is 0.900. The molecule has 0 saturated carbocycles. The molecule has 0 aromatic heterocycles. The Morgan fingerprint density at radius 3 is 1.08 bits per heavy atom. The number of ether oxygens (including phenoxy) is 6. The number of allylic oxidation sites excluding steroid dienone is 5. The first kappa shape index (κ1) is 85.2. The normalized spacial score (nSPS) is 27.7. The number of nitrogens with one attached hydrogen (secondary N) is 1. The van der Waals surface area contributed by atoms with Gasteiger partial charge in [0.2, 0.25) is 5.91 Å². The van der Waals surface area contributed by atoms with Crippen LogP contribution in [-0.4, -0.2) is 193 Å². The lowest BCUT2D eigenvalue weighted by molar-refractivity contribution is -0.379. The second-order valence-corrected chi connectivity index (χ2v) is 27.1. The Morgan fingerprint density at radius 2 is 0.710 bits per heavy atom. The summed E-state index contributed by atoms with van der Waals surface area (Å²) in [5.41, 5.74) is 0. The Balaban J connectivity index is 1.25. The van der Waals surface area contributed by atoms with E-state index in [0.29, 0.717) is 12.8 Å². The topological polar surface area (TPSA) is 307 Å². The first-order valence-corrected chi connectivity index (χ1v) is 37.7. The van der Waals surface area contributed by atoms with Crippen molar-refractivity contribution in [2.24, 2.45) is 0 Å². The van der Waals surface area contributed by atoms with Crippen LogP contribution >= 0.6 is 0 Å². The highest BCUT2D eigenvalue weighted by Gasteiger charge is 2.53. The number of hydrogen-bond acceptors (Lipinski definition) is 18. The molecule has 0 bridgehead atoms. The summed E-state index contributed by atoms with van der Waals surface area (Å²) in [7, 11) is 0. The Bertz CT molecular complexity index is 1830. The van der Waals surface area contributed by atoms with E-state index in [0.717, 1.165) is 38.5 Å². The van der Waals surface area contributed by atoms with E-state index in [1.807, 2.05) is 19.1 Å². The second kappa shape index (κ2) is 55.8. The van der Waals surface area contributed by atoms with E-state index in [9.17, 15) is 61.0 Å². The summed E-state index contributed by atoms with van der Waals surface area (Å²) < 4.78 is 34.2. The van der Waals surface area contributed by atoms with E-state index in [2.05, 4.69) is 30.5 Å². The minimum absolute atomic E-state index is 0.235. The standard InChI is InChI=1S/C74H137NO18/c1-3-5-7-9-11-13-14-15-16-17-18-19-20-21-22-23-24-25-26-27-28-29-30-31-32-33-34-35-36-37-38-39-40-41-42-44-46-48-50-52-62(80)75-57(58(79)51-49-47-45-43-12-10-8-6-4-2)56-88-72-68(86)65(83)70(60(54-77)90-72)93-74-69(87)66(84)71(61(55-78)91-74)92-73-67(85)64(82)63(81)59(53-76)89-73/h4,6,12,43,49,51,57-61,63-74,76-79,81-87H,3,5,7-11,13-42,44-48,50,52-56H2,1-2H3,(H,75,80)/b6-4+,43-12+,51-49+. The Kier molecular flexibility index (Phi) is 51.2. The minimum Gasteiger partial charge on any atom is -0.394 e. The highest BCUT2D eigenvalue weighted by Crippen LogP contribution is 2.33. The lowest BCUT2D eigenvalue weighted by atomic mass is 9.96. The van der Waals surface area contributed by atoms with Gasteiger partial charge in [0.15, 0.2) is 18.9 Å². The third kappa shape index (κ3) is 37.1. The van der Waals surface area contributed by atoms with Crippen LogP contribution < -0.4 is 5.32 Å². The zero-order chi connectivity index (χ0) is 67.5. The Hall–Kier alpha value is -1.99. The van der Waals surface area contributed by atoms with Crippen LogP contribution in [-0.2, 0) is 33.2 Å². The van der Waals surface area contributed by atoms with Crippen molar-refractivity contribution in [2.75, 3.05) is 26.4 Å². The Labute approximate surface area is 561 Å². The number of unbranched alkanes of at least 4 members (excludes halogenated alkanes) is 40. The van der Waals surface area contributed by atoms with Crippen molar-refractivity contribution in [3.63, 3.8) is 0 Å². The van der Waals surface area contributed by atoms with Gasteiger partial charge in [-0.15, -0.1) is 0 Å². The third-order valence-corrected chi connectivity index (χ3v) is 19.0. The van der Waals surface area contributed by atoms with Gasteiger partial charge in [-0.2, -0.15) is 0 Å². The molecule has 17 unspecified atom stereocenters. The molecule has 19 heteroatoms. The van der Waals surface area contributed by atoms with Gasteiger partial charge < -0.3 is 89.9 Å². The molecule has 0 aliphatic carbocycles. The second-order valence-electron chi connectivity index (χ2n) is 27.1. The molecular weight excluding hydrogens is 1190 g/mol. The summed E-state index contributed by atoms with van der Waals surface area (Å²) in [5, 5.41) is 120. The van der Waals surface area contributed by atoms with Crippen LogP contribution in [0.3, 0.4) is 0 Å². The van der Waals surface area contributed by atoms with Crippen molar-refractivity contribution in [2.45, 2.75) is 401 Å². The van der Waals surface area contributed by atoms with Gasteiger partial charge >= 0.3 is 0 Å². The van der Waals surface area contributed by atoms with Gasteiger partial charge in [0.05, 0.1) is 38.6 Å². The average molecular weight is 1330 g/mol. The lowest BCUT2D eigenvalue weighted by Crippen LogP contribution is -2.66. The zero-order valence-electron chi connectivity index (χ0n) is 58.0. The number of rotatable bonds is 59. The van der Waals surface area contributed by atoms with Crippen molar-refractivity contribution < 1.29 is 89.4 Å². The van der Waals surface area contributed by atoms with E-state index >= 15 is 0 Å². The summed E-state index contributed by atoms with van der Waals surface area (Å²) in [6.07, 6.45) is 41.0. The molecular formula is C74H137NO18. The quantitative estimate of drug-likeness (QED) is 0.0199. The van der Waals surface area contributed by atoms with Crippen LogP contribution in [0.4, 0.5) is 0 Å². The smallest absolute Gasteiger partial charge is 0.220 e. The van der Waals surface area contributed by atoms with Crippen LogP contribution in [0, 0.1) is 0 Å². The molecule has 3 fully saturated rings.